The standard InChI is InChI=1S/C29H29N3O10/c1-32(2)21-16-11-13-10-12-4-9-17(31-28(39)42-15-7-5-14(41-3)6-8-15)22(33)18(12)23(34)19(13)25(36)29(16,40)26(37)20(24(21)35)27(30)38/h4-9,13,16,21,33-34,37,40H,10-11H2,1-3H3,(H2,30,38)(H,31,39). The summed E-state index contributed by atoms with van der Waals surface area (Å²) in [7, 11) is 4.54. The van der Waals surface area contributed by atoms with Crippen LogP contribution in [0.2, 0.25) is 0 Å². The number of aliphatic hydroxyl groups excluding tert-OH is 2. The molecule has 0 saturated heterocycles. The number of amides is 2. The maximum absolute atomic E-state index is 13.9. The number of carbonyl (C=O) groups is 4. The van der Waals surface area contributed by atoms with Crippen molar-refractivity contribution in [2.45, 2.75) is 24.5 Å². The van der Waals surface area contributed by atoms with E-state index in [-0.39, 0.29) is 35.4 Å². The zero-order chi connectivity index (χ0) is 30.7. The number of anilines is 1. The molecule has 0 radical (unpaired) electrons. The average Bonchev–Trinajstić information content (AvgIpc) is 2.92. The highest BCUT2D eigenvalue weighted by molar-refractivity contribution is 6.24. The summed E-state index contributed by atoms with van der Waals surface area (Å²) in [4.78, 5) is 53.1. The summed E-state index contributed by atoms with van der Waals surface area (Å²) < 4.78 is 10.3. The summed E-state index contributed by atoms with van der Waals surface area (Å²) in [6, 6.07) is 7.96. The molecule has 2 amide bonds. The Bertz CT molecular complexity index is 1590. The topological polar surface area (TPSA) is 209 Å². The Kier molecular flexibility index (Phi) is 6.95. The maximum atomic E-state index is 13.9. The van der Waals surface area contributed by atoms with E-state index < -0.39 is 69.9 Å². The summed E-state index contributed by atoms with van der Waals surface area (Å²) >= 11 is 0. The van der Waals surface area contributed by atoms with Gasteiger partial charge in [-0.15, -0.1) is 0 Å². The number of methoxy groups -OCH3 is 1. The Balaban J connectivity index is 1.52. The van der Waals surface area contributed by atoms with Crippen LogP contribution in [-0.4, -0.2) is 81.7 Å². The Labute approximate surface area is 239 Å². The number of Topliss-reactive ketones (excluding diaryl/α,β-unsaturated/α-hetero) is 2. The lowest BCUT2D eigenvalue weighted by Gasteiger charge is -2.50. The van der Waals surface area contributed by atoms with Gasteiger partial charge < -0.3 is 35.6 Å². The third-order valence-corrected chi connectivity index (χ3v) is 8.10. The molecule has 5 rings (SSSR count). The van der Waals surface area contributed by atoms with E-state index in [1.54, 1.807) is 18.2 Å². The molecular formula is C29H29N3O10. The van der Waals surface area contributed by atoms with Gasteiger partial charge in [0.1, 0.15) is 34.3 Å². The van der Waals surface area contributed by atoms with E-state index in [9.17, 15) is 39.6 Å². The van der Waals surface area contributed by atoms with E-state index in [2.05, 4.69) is 5.32 Å². The number of hydrogen-bond acceptors (Lipinski definition) is 11. The van der Waals surface area contributed by atoms with Gasteiger partial charge in [-0.25, -0.2) is 4.79 Å². The number of carbonyl (C=O) groups excluding carboxylic acids is 4. The Morgan fingerprint density at radius 3 is 2.29 bits per heavy atom. The van der Waals surface area contributed by atoms with Crippen LogP contribution in [0.3, 0.4) is 0 Å². The number of phenolic OH excluding ortho intramolecular Hbond substituents is 1. The molecule has 1 fully saturated rings. The van der Waals surface area contributed by atoms with Gasteiger partial charge >= 0.3 is 6.09 Å². The van der Waals surface area contributed by atoms with Crippen molar-refractivity contribution < 1.29 is 49.1 Å². The summed E-state index contributed by atoms with van der Waals surface area (Å²) in [6.07, 6.45) is -0.850. The van der Waals surface area contributed by atoms with Gasteiger partial charge in [0.15, 0.2) is 11.4 Å². The molecule has 7 N–H and O–H groups in total. The largest absolute Gasteiger partial charge is 0.508 e. The van der Waals surface area contributed by atoms with Crippen molar-refractivity contribution in [2.75, 3.05) is 26.5 Å². The maximum Gasteiger partial charge on any atom is 0.417 e. The molecule has 2 aromatic rings. The van der Waals surface area contributed by atoms with Crippen LogP contribution in [0.4, 0.5) is 10.5 Å². The molecule has 220 valence electrons. The van der Waals surface area contributed by atoms with Crippen LogP contribution in [0.25, 0.3) is 5.76 Å². The third-order valence-electron chi connectivity index (χ3n) is 8.10. The van der Waals surface area contributed by atoms with E-state index in [4.69, 9.17) is 15.2 Å². The molecule has 2 aromatic carbocycles. The Hall–Kier alpha value is -4.88. The van der Waals surface area contributed by atoms with Crippen molar-refractivity contribution in [1.29, 1.82) is 0 Å². The van der Waals surface area contributed by atoms with Gasteiger partial charge in [-0.2, -0.15) is 0 Å². The molecule has 3 aliphatic carbocycles. The first-order valence-electron chi connectivity index (χ1n) is 12.9. The molecule has 42 heavy (non-hydrogen) atoms. The number of rotatable bonds is 5. The van der Waals surface area contributed by atoms with Gasteiger partial charge in [0.2, 0.25) is 5.78 Å². The second kappa shape index (κ2) is 10.2. The molecule has 0 aromatic heterocycles. The monoisotopic (exact) mass is 579 g/mol. The lowest BCUT2D eigenvalue weighted by molar-refractivity contribution is -0.153. The van der Waals surface area contributed by atoms with E-state index in [0.717, 1.165) is 0 Å². The first-order chi connectivity index (χ1) is 19.8. The number of nitrogens with one attached hydrogen (secondary N) is 1. The second-order valence-electron chi connectivity index (χ2n) is 10.6. The highest BCUT2D eigenvalue weighted by Crippen LogP contribution is 2.53. The molecule has 13 nitrogen and oxygen atoms in total. The first-order valence-corrected chi connectivity index (χ1v) is 12.9. The summed E-state index contributed by atoms with van der Waals surface area (Å²) in [5.41, 5.74) is 1.56. The highest BCUT2D eigenvalue weighted by Gasteiger charge is 2.64. The van der Waals surface area contributed by atoms with Gasteiger partial charge in [0, 0.05) is 11.5 Å². The van der Waals surface area contributed by atoms with Crippen molar-refractivity contribution in [3.8, 4) is 17.2 Å². The Morgan fingerprint density at radius 1 is 1.05 bits per heavy atom. The molecule has 0 heterocycles. The molecule has 1 saturated carbocycles. The lowest BCUT2D eigenvalue weighted by atomic mass is 9.57. The van der Waals surface area contributed by atoms with Crippen LogP contribution in [0.5, 0.6) is 17.2 Å². The predicted octanol–water partition coefficient (Wildman–Crippen LogP) is 1.58. The predicted molar refractivity (Wildman–Crippen MR) is 147 cm³/mol. The van der Waals surface area contributed by atoms with Crippen molar-refractivity contribution >= 4 is 35.0 Å². The van der Waals surface area contributed by atoms with Crippen molar-refractivity contribution in [1.82, 2.24) is 4.90 Å². The number of nitrogens with two attached hydrogens (primary N) is 1. The third kappa shape index (κ3) is 4.25. The minimum atomic E-state index is -2.74. The van der Waals surface area contributed by atoms with Gasteiger partial charge in [-0.05, 0) is 68.8 Å². The second-order valence-corrected chi connectivity index (χ2v) is 10.6. The number of aromatic hydroxyl groups is 1. The minimum Gasteiger partial charge on any atom is -0.508 e. The van der Waals surface area contributed by atoms with Gasteiger partial charge in [-0.1, -0.05) is 6.07 Å². The normalized spacial score (nSPS) is 25.0. The van der Waals surface area contributed by atoms with Crippen LogP contribution in [0.15, 0.2) is 53.3 Å². The molecule has 4 unspecified atom stereocenters. The summed E-state index contributed by atoms with van der Waals surface area (Å²) in [5.74, 6) is -6.79. The van der Waals surface area contributed by atoms with Crippen molar-refractivity contribution in [2.24, 2.45) is 17.6 Å². The molecule has 13 heteroatoms. The lowest BCUT2D eigenvalue weighted by Crippen LogP contribution is -2.65. The van der Waals surface area contributed by atoms with E-state index in [1.807, 2.05) is 0 Å². The fourth-order valence-corrected chi connectivity index (χ4v) is 6.21. The zero-order valence-corrected chi connectivity index (χ0v) is 22.9. The van der Waals surface area contributed by atoms with E-state index >= 15 is 0 Å². The molecule has 3 aliphatic rings. The number of ketones is 2. The summed E-state index contributed by atoms with van der Waals surface area (Å²) in [6.45, 7) is 0. The van der Waals surface area contributed by atoms with E-state index in [1.165, 1.54) is 44.3 Å². The Morgan fingerprint density at radius 2 is 1.69 bits per heavy atom. The number of benzene rings is 2. The number of fused-ring (bicyclic) bond motifs is 3. The molecule has 0 bridgehead atoms. The molecular weight excluding hydrogens is 550 g/mol. The molecule has 0 aliphatic heterocycles. The van der Waals surface area contributed by atoms with Crippen LogP contribution in [0.1, 0.15) is 17.5 Å². The van der Waals surface area contributed by atoms with Crippen molar-refractivity contribution in [3.63, 3.8) is 0 Å². The summed E-state index contributed by atoms with van der Waals surface area (Å²) in [5, 5.41) is 47.3. The molecule has 4 atom stereocenters. The van der Waals surface area contributed by atoms with Crippen LogP contribution >= 0.6 is 0 Å². The van der Waals surface area contributed by atoms with Gasteiger partial charge in [-0.3, -0.25) is 24.6 Å². The number of primary amides is 1. The number of hydrogen-bond donors (Lipinski definition) is 6. The number of ether oxygens (including phenoxy) is 2. The number of phenols is 1. The van der Waals surface area contributed by atoms with Gasteiger partial charge in [0.25, 0.3) is 5.91 Å². The van der Waals surface area contributed by atoms with Crippen LogP contribution in [-0.2, 0) is 20.8 Å². The number of aliphatic hydroxyl groups is 3. The fourth-order valence-electron chi connectivity index (χ4n) is 6.21. The van der Waals surface area contributed by atoms with E-state index in [0.29, 0.717) is 11.3 Å². The number of nitrogens with zero attached hydrogens (tertiary/aromatic N) is 1. The zero-order valence-electron chi connectivity index (χ0n) is 22.9. The van der Waals surface area contributed by atoms with Crippen LogP contribution in [0, 0.1) is 11.8 Å². The van der Waals surface area contributed by atoms with Crippen molar-refractivity contribution in [3.05, 3.63) is 64.4 Å². The molecule has 0 spiro atoms. The minimum absolute atomic E-state index is 0.0271. The number of likely N-dealkylation sites (N-methyl/N-ethyl adjacent to an activating group) is 1. The fraction of sp³-hybridized carbons (Fsp3) is 0.310. The smallest absolute Gasteiger partial charge is 0.417 e. The highest BCUT2D eigenvalue weighted by atomic mass is 16.6. The quantitative estimate of drug-likeness (QED) is 0.221. The average molecular weight is 580 g/mol. The van der Waals surface area contributed by atoms with Crippen LogP contribution < -0.4 is 20.5 Å². The first kappa shape index (κ1) is 28.6. The van der Waals surface area contributed by atoms with Gasteiger partial charge in [0.05, 0.1) is 24.4 Å². The SMILES string of the molecule is COc1ccc(OC(=O)Nc2ccc3c(c2O)C(O)=C2C(=O)C4(O)C(O)=C(C(N)=O)C(=O)C(N(C)C)C4CC2C3)cc1.